The molecule has 2 aromatic carbocycles. The molecule has 0 amide bonds. The summed E-state index contributed by atoms with van der Waals surface area (Å²) in [5.41, 5.74) is 1.12. The van der Waals surface area contributed by atoms with Gasteiger partial charge in [-0.3, -0.25) is 0 Å². The summed E-state index contributed by atoms with van der Waals surface area (Å²) in [6.45, 7) is 4.70. The molecule has 0 bridgehead atoms. The van der Waals surface area contributed by atoms with Crippen molar-refractivity contribution in [3.05, 3.63) is 54.6 Å². The Kier molecular flexibility index (Phi) is 7.89. The molecule has 1 saturated heterocycles. The highest BCUT2D eigenvalue weighted by Gasteiger charge is 2.46. The van der Waals surface area contributed by atoms with Crippen LogP contribution in [0.25, 0.3) is 0 Å². The van der Waals surface area contributed by atoms with Gasteiger partial charge in [0.25, 0.3) is 0 Å². The third-order valence-corrected chi connectivity index (χ3v) is 12.2. The number of methoxy groups -OCH3 is 3. The van der Waals surface area contributed by atoms with Crippen LogP contribution in [0.1, 0.15) is 13.8 Å². The maximum absolute atomic E-state index is 5.82. The molecule has 152 valence electrons. The summed E-state index contributed by atoms with van der Waals surface area (Å²) in [6.07, 6.45) is 2.82. The molecule has 1 fully saturated rings. The summed E-state index contributed by atoms with van der Waals surface area (Å²) >= 11 is 0. The van der Waals surface area contributed by atoms with E-state index in [1.165, 1.54) is 22.9 Å². The maximum Gasteiger partial charge on any atom is 0.126 e. The molecule has 5 heteroatoms. The Morgan fingerprint density at radius 3 is 1.96 bits per heavy atom. The summed E-state index contributed by atoms with van der Waals surface area (Å²) < 4.78 is 17.3. The van der Waals surface area contributed by atoms with E-state index in [0.29, 0.717) is 11.3 Å². The van der Waals surface area contributed by atoms with Crippen LogP contribution in [0.3, 0.4) is 0 Å². The molecule has 2 aromatic rings. The molecule has 28 heavy (non-hydrogen) atoms. The largest absolute Gasteiger partial charge is 0.496 e. The molecule has 0 aromatic heterocycles. The Labute approximate surface area is 172 Å². The molecule has 3 nitrogen and oxygen atoms in total. The first-order valence-corrected chi connectivity index (χ1v) is 13.1. The Morgan fingerprint density at radius 2 is 1.39 bits per heavy atom. The monoisotopic (exact) mass is 418 g/mol. The number of hydrogen-bond donors (Lipinski definition) is 0. The first kappa shape index (κ1) is 21.7. The van der Waals surface area contributed by atoms with E-state index >= 15 is 0 Å². The second-order valence-corrected chi connectivity index (χ2v) is 12.7. The Balaban J connectivity index is 1.85. The molecule has 3 rings (SSSR count). The number of para-hydroxylation sites is 1. The van der Waals surface area contributed by atoms with Crippen molar-refractivity contribution < 1.29 is 14.2 Å². The van der Waals surface area contributed by atoms with Gasteiger partial charge in [-0.1, -0.05) is 70.3 Å². The zero-order valence-corrected chi connectivity index (χ0v) is 19.3. The average molecular weight is 418 g/mol. The van der Waals surface area contributed by atoms with E-state index in [1.807, 2.05) is 14.2 Å². The average Bonchev–Trinajstić information content (AvgIpc) is 2.98. The maximum atomic E-state index is 5.82. The van der Waals surface area contributed by atoms with Crippen LogP contribution in [-0.2, 0) is 9.47 Å². The van der Waals surface area contributed by atoms with E-state index in [-0.39, 0.29) is 20.1 Å². The van der Waals surface area contributed by atoms with Crippen LogP contribution in [0, 0.1) is 0 Å². The van der Waals surface area contributed by atoms with Crippen LogP contribution in [0.2, 0.25) is 0 Å². The molecule has 0 N–H and O–H groups in total. The van der Waals surface area contributed by atoms with Gasteiger partial charge in [-0.15, -0.1) is 0 Å². The number of ether oxygens (including phenoxy) is 3. The van der Waals surface area contributed by atoms with Crippen LogP contribution < -0.4 is 15.3 Å². The fourth-order valence-corrected chi connectivity index (χ4v) is 11.1. The predicted octanol–water partition coefficient (Wildman–Crippen LogP) is 4.43. The molecule has 0 aliphatic carbocycles. The highest BCUT2D eigenvalue weighted by atomic mass is 31.1. The third-order valence-electron chi connectivity index (χ3n) is 5.89. The van der Waals surface area contributed by atoms with Gasteiger partial charge in [0, 0.05) is 30.8 Å². The van der Waals surface area contributed by atoms with Gasteiger partial charge in [0.1, 0.15) is 5.75 Å². The van der Waals surface area contributed by atoms with E-state index in [1.54, 1.807) is 7.11 Å². The molecule has 0 radical (unpaired) electrons. The van der Waals surface area contributed by atoms with E-state index in [9.17, 15) is 0 Å². The lowest BCUT2D eigenvalue weighted by Gasteiger charge is -2.26. The second kappa shape index (κ2) is 10.2. The summed E-state index contributed by atoms with van der Waals surface area (Å²) in [5.74, 6) is 1.00. The molecule has 1 aliphatic heterocycles. The lowest BCUT2D eigenvalue weighted by Crippen LogP contribution is -2.34. The first-order valence-electron chi connectivity index (χ1n) is 9.89. The number of benzene rings is 2. The van der Waals surface area contributed by atoms with E-state index in [0.717, 1.165) is 5.75 Å². The summed E-state index contributed by atoms with van der Waals surface area (Å²) in [5, 5.41) is 2.76. The molecular weight excluding hydrogens is 386 g/mol. The predicted molar refractivity (Wildman–Crippen MR) is 123 cm³/mol. The molecule has 1 aliphatic rings. The van der Waals surface area contributed by atoms with Crippen molar-refractivity contribution in [1.29, 1.82) is 0 Å². The minimum absolute atomic E-state index is 0.160. The zero-order valence-electron chi connectivity index (χ0n) is 17.5. The van der Waals surface area contributed by atoms with Crippen LogP contribution in [-0.4, -0.2) is 57.2 Å². The lowest BCUT2D eigenvalue weighted by atomic mass is 10.1. The summed E-state index contributed by atoms with van der Waals surface area (Å²) in [7, 11) is 4.80. The van der Waals surface area contributed by atoms with Gasteiger partial charge in [-0.2, -0.15) is 0 Å². The number of rotatable bonds is 8. The second-order valence-electron chi connectivity index (χ2n) is 7.28. The van der Waals surface area contributed by atoms with Crippen molar-refractivity contribution in [2.45, 2.75) is 37.4 Å². The van der Waals surface area contributed by atoms with Gasteiger partial charge in [-0.05, 0) is 31.6 Å². The SMILES string of the molecule is COc1ccccc1P(CCP1[C@@H](C)[C@@H](OC)[C@H](OC)[C@@H]1C)c1ccccc1. The van der Waals surface area contributed by atoms with Crippen LogP contribution >= 0.6 is 15.8 Å². The Bertz CT molecular complexity index is 724. The topological polar surface area (TPSA) is 27.7 Å². The fraction of sp³-hybridized carbons (Fsp3) is 0.478. The standard InChI is InChI=1S/C23H32O3P2/c1-17-22(25-4)23(26-5)18(2)27(17)15-16-28(19-11-7-6-8-12-19)21-14-10-9-13-20(21)24-3/h6-14,17-18,22-23H,15-16H2,1-5H3/t17-,18-,22+,23+,28?/m0/s1. The van der Waals surface area contributed by atoms with Crippen molar-refractivity contribution in [1.82, 2.24) is 0 Å². The normalized spacial score (nSPS) is 28.2. The van der Waals surface area contributed by atoms with Crippen molar-refractivity contribution in [2.24, 2.45) is 0 Å². The highest BCUT2D eigenvalue weighted by Crippen LogP contribution is 2.58. The van der Waals surface area contributed by atoms with E-state index < -0.39 is 7.92 Å². The third kappa shape index (κ3) is 4.44. The smallest absolute Gasteiger partial charge is 0.126 e. The molecule has 5 atom stereocenters. The van der Waals surface area contributed by atoms with Gasteiger partial charge in [-0.25, -0.2) is 0 Å². The van der Waals surface area contributed by atoms with Gasteiger partial charge >= 0.3 is 0 Å². The van der Waals surface area contributed by atoms with Gasteiger partial charge < -0.3 is 14.2 Å². The fourth-order valence-electron chi connectivity index (χ4n) is 4.43. The van der Waals surface area contributed by atoms with E-state index in [2.05, 4.69) is 68.4 Å². The van der Waals surface area contributed by atoms with Gasteiger partial charge in [0.2, 0.25) is 0 Å². The minimum atomic E-state index is -0.459. The summed E-state index contributed by atoms with van der Waals surface area (Å²) in [6, 6.07) is 19.4. The van der Waals surface area contributed by atoms with Crippen molar-refractivity contribution in [3.63, 3.8) is 0 Å². The number of hydrogen-bond acceptors (Lipinski definition) is 3. The zero-order chi connectivity index (χ0) is 20.1. The lowest BCUT2D eigenvalue weighted by molar-refractivity contribution is -0.0244. The van der Waals surface area contributed by atoms with Crippen molar-refractivity contribution in [3.8, 4) is 5.75 Å². The van der Waals surface area contributed by atoms with Crippen LogP contribution in [0.4, 0.5) is 0 Å². The molecule has 1 heterocycles. The quantitative estimate of drug-likeness (QED) is 0.594. The van der Waals surface area contributed by atoms with Gasteiger partial charge in [0.15, 0.2) is 0 Å². The van der Waals surface area contributed by atoms with Crippen LogP contribution in [0.15, 0.2) is 54.6 Å². The Hall–Kier alpha value is -0.980. The molecule has 1 unspecified atom stereocenters. The van der Waals surface area contributed by atoms with Crippen molar-refractivity contribution in [2.75, 3.05) is 33.7 Å². The summed E-state index contributed by atoms with van der Waals surface area (Å²) in [4.78, 5) is 0. The van der Waals surface area contributed by atoms with E-state index in [4.69, 9.17) is 14.2 Å². The molecular formula is C23H32O3P2. The highest BCUT2D eigenvalue weighted by molar-refractivity contribution is 7.74. The first-order chi connectivity index (χ1) is 13.6. The minimum Gasteiger partial charge on any atom is -0.496 e. The van der Waals surface area contributed by atoms with Crippen LogP contribution in [0.5, 0.6) is 5.75 Å². The van der Waals surface area contributed by atoms with Gasteiger partial charge in [0.05, 0.1) is 19.3 Å². The molecule has 0 saturated carbocycles. The Morgan fingerprint density at radius 1 is 0.821 bits per heavy atom. The molecule has 0 spiro atoms. The van der Waals surface area contributed by atoms with Crippen molar-refractivity contribution >= 4 is 26.5 Å².